The van der Waals surface area contributed by atoms with Gasteiger partial charge < -0.3 is 11.5 Å². The first kappa shape index (κ1) is 24.7. The average Bonchev–Trinajstić information content (AvgIpc) is 2.82. The second-order valence-corrected chi connectivity index (χ2v) is 9.81. The van der Waals surface area contributed by atoms with E-state index in [1.807, 2.05) is 0 Å². The summed E-state index contributed by atoms with van der Waals surface area (Å²) in [7, 11) is -9.70. The van der Waals surface area contributed by atoms with Crippen LogP contribution in [0.25, 0.3) is 34.9 Å². The van der Waals surface area contributed by atoms with Crippen LogP contribution in [0.3, 0.4) is 0 Å². The van der Waals surface area contributed by atoms with Crippen LogP contribution < -0.4 is 11.5 Å². The van der Waals surface area contributed by atoms with E-state index in [0.717, 1.165) is 0 Å². The number of nitrogens with two attached hydrogens (primary N) is 2. The number of nitrogens with zero attached hydrogens (tertiary/aromatic N) is 6. The van der Waals surface area contributed by atoms with Gasteiger partial charge in [-0.25, -0.2) is 29.9 Å². The molecule has 0 radical (unpaired) electrons. The normalized spacial score (nSPS) is 12.2. The van der Waals surface area contributed by atoms with Crippen LogP contribution in [0.2, 0.25) is 0 Å². The Labute approximate surface area is 204 Å². The van der Waals surface area contributed by atoms with Crippen LogP contribution in [-0.4, -0.2) is 55.8 Å². The van der Waals surface area contributed by atoms with E-state index in [9.17, 15) is 25.9 Å². The summed E-state index contributed by atoms with van der Waals surface area (Å²) < 4.78 is 68.3. The molecule has 2 heterocycles. The fraction of sp³-hybridized carbons (Fsp3) is 0. The van der Waals surface area contributed by atoms with Crippen molar-refractivity contribution < 1.29 is 25.9 Å². The van der Waals surface area contributed by atoms with E-state index in [-0.39, 0.29) is 45.3 Å². The third-order valence-electron chi connectivity index (χ3n) is 4.88. The fourth-order valence-corrected chi connectivity index (χ4v) is 5.04. The smallest absolute Gasteiger partial charge is 0.297 e. The van der Waals surface area contributed by atoms with Crippen molar-refractivity contribution in [3.05, 3.63) is 60.7 Å². The molecule has 0 unspecified atom stereocenters. The summed E-state index contributed by atoms with van der Waals surface area (Å²) in [5.41, 5.74) is 11.4. The standard InChI is InChI=1S/C20H16N8O6S2/c21-15-13(19-25-7-23-8-26-19)5-3-11(17(15)35(29,30)31)1-2-12-4-6-14(20-27-9-24-10-28-20)16(22)18(12)36(32,33)34/h1-10H,21-22H2,(H,29,30,31)(H,32,33,34)/b2-1+. The molecule has 0 aliphatic heterocycles. The Morgan fingerprint density at radius 2 is 0.944 bits per heavy atom. The Balaban J connectivity index is 1.88. The Morgan fingerprint density at radius 3 is 1.25 bits per heavy atom. The quantitative estimate of drug-likeness (QED) is 0.156. The van der Waals surface area contributed by atoms with Crippen molar-refractivity contribution >= 4 is 43.8 Å². The molecule has 2 aromatic heterocycles. The van der Waals surface area contributed by atoms with Crippen LogP contribution in [0.1, 0.15) is 11.1 Å². The minimum absolute atomic E-state index is 0.0679. The van der Waals surface area contributed by atoms with Gasteiger partial charge in [0.1, 0.15) is 35.1 Å². The first-order valence-corrected chi connectivity index (χ1v) is 12.6. The van der Waals surface area contributed by atoms with Gasteiger partial charge in [0.15, 0.2) is 11.6 Å². The molecule has 0 saturated carbocycles. The molecule has 184 valence electrons. The molecule has 0 fully saturated rings. The summed E-state index contributed by atoms with van der Waals surface area (Å²) in [5, 5.41) is 0. The van der Waals surface area contributed by atoms with Gasteiger partial charge >= 0.3 is 0 Å². The summed E-state index contributed by atoms with van der Waals surface area (Å²) in [6, 6.07) is 5.46. The summed E-state index contributed by atoms with van der Waals surface area (Å²) in [6.45, 7) is 0. The van der Waals surface area contributed by atoms with E-state index in [1.165, 1.54) is 61.7 Å². The maximum Gasteiger partial charge on any atom is 0.297 e. The zero-order chi connectivity index (χ0) is 26.1. The maximum atomic E-state index is 12.2. The minimum Gasteiger partial charge on any atom is -0.397 e. The van der Waals surface area contributed by atoms with Gasteiger partial charge in [0.2, 0.25) is 0 Å². The number of nitrogen functional groups attached to an aromatic ring is 2. The van der Waals surface area contributed by atoms with Crippen molar-refractivity contribution in [3.8, 4) is 22.8 Å². The number of benzene rings is 2. The summed E-state index contributed by atoms with van der Waals surface area (Å²) in [4.78, 5) is 21.7. The van der Waals surface area contributed by atoms with E-state index < -0.39 is 30.0 Å². The first-order chi connectivity index (χ1) is 17.0. The molecular formula is C20H16N8O6S2. The molecule has 16 heteroatoms. The summed E-state index contributed by atoms with van der Waals surface area (Å²) >= 11 is 0. The van der Waals surface area contributed by atoms with Gasteiger partial charge in [-0.05, 0) is 23.3 Å². The molecule has 4 aromatic rings. The van der Waals surface area contributed by atoms with E-state index in [2.05, 4.69) is 29.9 Å². The van der Waals surface area contributed by atoms with Crippen LogP contribution in [0.5, 0.6) is 0 Å². The maximum absolute atomic E-state index is 12.2. The van der Waals surface area contributed by atoms with Crippen molar-refractivity contribution in [1.82, 2.24) is 29.9 Å². The van der Waals surface area contributed by atoms with Crippen molar-refractivity contribution in [2.45, 2.75) is 9.79 Å². The lowest BCUT2D eigenvalue weighted by molar-refractivity contribution is 0.481. The van der Waals surface area contributed by atoms with Crippen LogP contribution in [-0.2, 0) is 20.2 Å². The molecule has 0 aliphatic carbocycles. The topological polar surface area (TPSA) is 238 Å². The van der Waals surface area contributed by atoms with Gasteiger partial charge in [0, 0.05) is 11.1 Å². The van der Waals surface area contributed by atoms with E-state index in [4.69, 9.17) is 11.5 Å². The highest BCUT2D eigenvalue weighted by molar-refractivity contribution is 7.86. The largest absolute Gasteiger partial charge is 0.397 e. The highest BCUT2D eigenvalue weighted by Gasteiger charge is 2.24. The van der Waals surface area contributed by atoms with Crippen LogP contribution in [0, 0.1) is 0 Å². The zero-order valence-electron chi connectivity index (χ0n) is 18.0. The molecule has 0 atom stereocenters. The van der Waals surface area contributed by atoms with Gasteiger partial charge in [-0.15, -0.1) is 0 Å². The predicted octanol–water partition coefficient (Wildman–Crippen LogP) is 1.22. The highest BCUT2D eigenvalue weighted by atomic mass is 32.2. The first-order valence-electron chi connectivity index (χ1n) is 9.71. The second kappa shape index (κ2) is 9.34. The second-order valence-electron chi connectivity index (χ2n) is 7.10. The van der Waals surface area contributed by atoms with Crippen LogP contribution in [0.4, 0.5) is 11.4 Å². The molecule has 0 aliphatic rings. The molecule has 2 aromatic carbocycles. The zero-order valence-corrected chi connectivity index (χ0v) is 19.6. The van der Waals surface area contributed by atoms with E-state index in [1.54, 1.807) is 0 Å². The highest BCUT2D eigenvalue weighted by Crippen LogP contribution is 2.35. The number of hydrogen-bond donors (Lipinski definition) is 4. The molecule has 0 spiro atoms. The van der Waals surface area contributed by atoms with E-state index >= 15 is 0 Å². The number of aromatic nitrogens is 6. The fourth-order valence-electron chi connectivity index (χ4n) is 3.40. The molecule has 4 rings (SSSR count). The Morgan fingerprint density at radius 1 is 0.611 bits per heavy atom. The lowest BCUT2D eigenvalue weighted by atomic mass is 10.0. The molecule has 36 heavy (non-hydrogen) atoms. The molecule has 0 saturated heterocycles. The Kier molecular flexibility index (Phi) is 6.42. The van der Waals surface area contributed by atoms with Crippen molar-refractivity contribution in [2.24, 2.45) is 0 Å². The van der Waals surface area contributed by atoms with Gasteiger partial charge in [-0.1, -0.05) is 24.3 Å². The van der Waals surface area contributed by atoms with Crippen molar-refractivity contribution in [1.29, 1.82) is 0 Å². The van der Waals surface area contributed by atoms with Crippen molar-refractivity contribution in [3.63, 3.8) is 0 Å². The molecule has 14 nitrogen and oxygen atoms in total. The van der Waals surface area contributed by atoms with Crippen LogP contribution >= 0.6 is 0 Å². The van der Waals surface area contributed by atoms with Gasteiger partial charge in [0.25, 0.3) is 20.2 Å². The predicted molar refractivity (Wildman–Crippen MR) is 128 cm³/mol. The third-order valence-corrected chi connectivity index (χ3v) is 6.82. The lowest BCUT2D eigenvalue weighted by Crippen LogP contribution is -2.09. The molecule has 0 amide bonds. The monoisotopic (exact) mass is 528 g/mol. The summed E-state index contributed by atoms with van der Waals surface area (Å²) in [6.07, 6.45) is 7.11. The third kappa shape index (κ3) is 4.86. The lowest BCUT2D eigenvalue weighted by Gasteiger charge is -2.13. The van der Waals surface area contributed by atoms with Gasteiger partial charge in [-0.3, -0.25) is 9.11 Å². The number of rotatable bonds is 6. The SMILES string of the molecule is Nc1c(-c2ncncn2)ccc(/C=C/c2ccc(-c3ncncn3)c(N)c2S(=O)(=O)O)c1S(=O)(=O)O. The molecular weight excluding hydrogens is 512 g/mol. The molecule has 0 bridgehead atoms. The Hall–Kier alpha value is -4.38. The average molecular weight is 529 g/mol. The molecule has 6 N–H and O–H groups in total. The van der Waals surface area contributed by atoms with Gasteiger partial charge in [0.05, 0.1) is 11.4 Å². The minimum atomic E-state index is -4.85. The van der Waals surface area contributed by atoms with Gasteiger partial charge in [-0.2, -0.15) is 16.8 Å². The van der Waals surface area contributed by atoms with Crippen molar-refractivity contribution in [2.75, 3.05) is 11.5 Å². The number of hydrogen-bond acceptors (Lipinski definition) is 12. The Bertz CT molecular complexity index is 1570. The summed E-state index contributed by atoms with van der Waals surface area (Å²) in [5.74, 6) is 0.136. The van der Waals surface area contributed by atoms with Crippen LogP contribution in [0.15, 0.2) is 59.4 Å². The number of anilines is 2. The van der Waals surface area contributed by atoms with E-state index in [0.29, 0.717) is 0 Å².